The fraction of sp³-hybridized carbons (Fsp3) is 0.0588. The normalized spacial score (nSPS) is 17.7. The number of rotatable bonds is 3. The zero-order valence-electron chi connectivity index (χ0n) is 20.6. The molecule has 0 N–H and O–H groups in total. The topological polar surface area (TPSA) is 34.0 Å². The van der Waals surface area contributed by atoms with E-state index in [4.69, 9.17) is 0 Å². The number of hydrogen-bond donors (Lipinski definition) is 0. The summed E-state index contributed by atoms with van der Waals surface area (Å²) in [4.78, 5) is 10.9. The Morgan fingerprint density at radius 3 is 2.11 bits per heavy atom. The summed E-state index contributed by atoms with van der Waals surface area (Å²) in [5.74, 6) is 0.320. The van der Waals surface area contributed by atoms with Gasteiger partial charge in [0.05, 0.1) is 17.1 Å². The summed E-state index contributed by atoms with van der Waals surface area (Å²) in [5.41, 5.74) is 9.80. The van der Waals surface area contributed by atoms with Crippen LogP contribution in [-0.4, -0.2) is 20.6 Å². The maximum atomic E-state index is 4.23. The first-order valence-corrected chi connectivity index (χ1v) is 13.0. The minimum Gasteiger partial charge on any atom is -0.333 e. The lowest BCUT2D eigenvalue weighted by Gasteiger charge is -2.28. The van der Waals surface area contributed by atoms with Crippen LogP contribution in [-0.2, 0) is 0 Å². The second-order valence-corrected chi connectivity index (χ2v) is 9.93. The van der Waals surface area contributed by atoms with E-state index in [2.05, 4.69) is 129 Å². The Morgan fingerprint density at radius 2 is 1.26 bits per heavy atom. The first-order chi connectivity index (χ1) is 18.9. The van der Waals surface area contributed by atoms with Crippen LogP contribution in [0.25, 0.3) is 38.6 Å². The smallest absolute Gasteiger partial charge is 0.0629 e. The Balaban J connectivity index is 1.29. The van der Waals surface area contributed by atoms with E-state index in [1.165, 1.54) is 49.9 Å². The fourth-order valence-electron chi connectivity index (χ4n) is 6.25. The van der Waals surface area contributed by atoms with Crippen molar-refractivity contribution in [3.05, 3.63) is 140 Å². The lowest BCUT2D eigenvalue weighted by atomic mass is 9.89. The highest BCUT2D eigenvalue weighted by atomic mass is 15.2. The third-order valence-corrected chi connectivity index (χ3v) is 7.92. The molecule has 2 atom stereocenters. The molecule has 38 heavy (non-hydrogen) atoms. The van der Waals surface area contributed by atoms with E-state index in [0.29, 0.717) is 5.92 Å². The van der Waals surface area contributed by atoms with Crippen LogP contribution in [0.5, 0.6) is 0 Å². The molecule has 1 aliphatic carbocycles. The highest BCUT2D eigenvalue weighted by molar-refractivity contribution is 6.10. The average molecular weight is 489 g/mol. The van der Waals surface area contributed by atoms with Crippen molar-refractivity contribution in [2.45, 2.75) is 12.0 Å². The summed E-state index contributed by atoms with van der Waals surface area (Å²) in [6.07, 6.45) is 16.4. The van der Waals surface area contributed by atoms with Gasteiger partial charge in [-0.05, 0) is 71.3 Å². The molecule has 0 saturated carbocycles. The van der Waals surface area contributed by atoms with Crippen LogP contribution in [0.3, 0.4) is 0 Å². The number of aromatic nitrogens is 3. The molecular weight excluding hydrogens is 464 g/mol. The average Bonchev–Trinajstić information content (AvgIpc) is 3.50. The first-order valence-electron chi connectivity index (χ1n) is 13.0. The van der Waals surface area contributed by atoms with Gasteiger partial charge in [0.1, 0.15) is 0 Å². The van der Waals surface area contributed by atoms with Crippen molar-refractivity contribution in [1.29, 1.82) is 0 Å². The summed E-state index contributed by atoms with van der Waals surface area (Å²) >= 11 is 0. The number of allylic oxidation sites excluding steroid dienone is 2. The van der Waals surface area contributed by atoms with E-state index in [1.54, 1.807) is 0 Å². The lowest BCUT2D eigenvalue weighted by molar-refractivity contribution is 0.744. The third-order valence-electron chi connectivity index (χ3n) is 7.92. The largest absolute Gasteiger partial charge is 0.333 e. The van der Waals surface area contributed by atoms with Gasteiger partial charge in [0.25, 0.3) is 0 Å². The van der Waals surface area contributed by atoms with E-state index in [0.717, 1.165) is 5.69 Å². The van der Waals surface area contributed by atoms with Crippen molar-refractivity contribution in [3.8, 4) is 16.8 Å². The fourth-order valence-corrected chi connectivity index (χ4v) is 6.25. The summed E-state index contributed by atoms with van der Waals surface area (Å²) in [7, 11) is 0. The van der Waals surface area contributed by atoms with Crippen molar-refractivity contribution in [2.24, 2.45) is 0 Å². The van der Waals surface area contributed by atoms with Crippen LogP contribution in [0.2, 0.25) is 0 Å². The van der Waals surface area contributed by atoms with Crippen LogP contribution >= 0.6 is 0 Å². The highest BCUT2D eigenvalue weighted by Gasteiger charge is 2.37. The molecule has 0 radical (unpaired) electrons. The predicted octanol–water partition coefficient (Wildman–Crippen LogP) is 7.97. The predicted molar refractivity (Wildman–Crippen MR) is 155 cm³/mol. The van der Waals surface area contributed by atoms with Gasteiger partial charge in [0.15, 0.2) is 0 Å². The molecule has 0 spiro atoms. The first kappa shape index (κ1) is 21.2. The molecule has 4 nitrogen and oxygen atoms in total. The zero-order valence-corrected chi connectivity index (χ0v) is 20.6. The molecule has 180 valence electrons. The number of nitrogens with zero attached hydrogens (tertiary/aromatic N) is 4. The number of para-hydroxylation sites is 1. The standard InChI is InChI=1S/C34H24N4/c1-3-7-31-27(5-1)29-21-23(9-11-33(29)37(31)25-13-17-35-18-14-25)24-10-12-34-30(22-24)28-6-2-4-8-32(28)38(34)26-15-19-36-20-16-26/h1-22,27,31H. The zero-order chi connectivity index (χ0) is 25.1. The molecule has 3 aromatic carbocycles. The van der Waals surface area contributed by atoms with Crippen LogP contribution in [0.1, 0.15) is 11.5 Å². The maximum Gasteiger partial charge on any atom is 0.0629 e. The molecule has 0 bridgehead atoms. The number of fused-ring (bicyclic) bond motifs is 6. The molecule has 4 heteroatoms. The van der Waals surface area contributed by atoms with E-state index in [1.807, 2.05) is 24.8 Å². The molecule has 6 aromatic rings. The van der Waals surface area contributed by atoms with Crippen LogP contribution in [0.4, 0.5) is 11.4 Å². The molecule has 2 aliphatic rings. The number of benzene rings is 3. The molecule has 0 amide bonds. The maximum absolute atomic E-state index is 4.23. The summed E-state index contributed by atoms with van der Waals surface area (Å²) < 4.78 is 2.33. The second-order valence-electron chi connectivity index (χ2n) is 9.93. The van der Waals surface area contributed by atoms with E-state index in [-0.39, 0.29) is 6.04 Å². The third kappa shape index (κ3) is 3.10. The Labute approximate surface area is 220 Å². The second kappa shape index (κ2) is 8.29. The summed E-state index contributed by atoms with van der Waals surface area (Å²) in [6, 6.07) is 31.0. The van der Waals surface area contributed by atoms with E-state index >= 15 is 0 Å². The molecule has 8 rings (SSSR count). The Kier molecular flexibility index (Phi) is 4.61. The number of pyridine rings is 2. The highest BCUT2D eigenvalue weighted by Crippen LogP contribution is 2.48. The van der Waals surface area contributed by atoms with Gasteiger partial charge >= 0.3 is 0 Å². The van der Waals surface area contributed by atoms with Gasteiger partial charge < -0.3 is 9.47 Å². The molecule has 0 fully saturated rings. The van der Waals surface area contributed by atoms with Gasteiger partial charge in [-0.1, -0.05) is 54.6 Å². The monoisotopic (exact) mass is 488 g/mol. The van der Waals surface area contributed by atoms with E-state index in [9.17, 15) is 0 Å². The Hall–Kier alpha value is -4.96. The number of anilines is 2. The Bertz CT molecular complexity index is 1880. The summed E-state index contributed by atoms with van der Waals surface area (Å²) in [6.45, 7) is 0. The van der Waals surface area contributed by atoms with Crippen LogP contribution in [0.15, 0.2) is 134 Å². The van der Waals surface area contributed by atoms with Crippen molar-refractivity contribution >= 4 is 33.2 Å². The van der Waals surface area contributed by atoms with Gasteiger partial charge in [0, 0.05) is 58.5 Å². The summed E-state index contributed by atoms with van der Waals surface area (Å²) in [5, 5.41) is 2.51. The molecule has 4 heterocycles. The minimum absolute atomic E-state index is 0.272. The molecule has 0 saturated heterocycles. The quantitative estimate of drug-likeness (QED) is 0.253. The van der Waals surface area contributed by atoms with Gasteiger partial charge in [-0.2, -0.15) is 0 Å². The number of hydrogen-bond acceptors (Lipinski definition) is 3. The Morgan fingerprint density at radius 1 is 0.579 bits per heavy atom. The molecular formula is C34H24N4. The molecule has 2 unspecified atom stereocenters. The van der Waals surface area contributed by atoms with Gasteiger partial charge in [-0.25, -0.2) is 0 Å². The van der Waals surface area contributed by atoms with Gasteiger partial charge in [0.2, 0.25) is 0 Å². The van der Waals surface area contributed by atoms with Crippen molar-refractivity contribution in [3.63, 3.8) is 0 Å². The molecule has 3 aromatic heterocycles. The van der Waals surface area contributed by atoms with Gasteiger partial charge in [-0.3, -0.25) is 9.97 Å². The van der Waals surface area contributed by atoms with Gasteiger partial charge in [-0.15, -0.1) is 0 Å². The van der Waals surface area contributed by atoms with Crippen molar-refractivity contribution < 1.29 is 0 Å². The molecule has 1 aliphatic heterocycles. The SMILES string of the molecule is C1=CC2c3cc(-c4ccc5c(c4)c4ccccc4n5-c4ccncc4)ccc3N(c3ccncc3)C2C=C1. The van der Waals surface area contributed by atoms with Crippen LogP contribution < -0.4 is 4.90 Å². The minimum atomic E-state index is 0.272. The lowest BCUT2D eigenvalue weighted by Crippen LogP contribution is -2.28. The van der Waals surface area contributed by atoms with Crippen molar-refractivity contribution in [2.75, 3.05) is 4.90 Å². The van der Waals surface area contributed by atoms with Crippen molar-refractivity contribution in [1.82, 2.24) is 14.5 Å². The van der Waals surface area contributed by atoms with E-state index < -0.39 is 0 Å². The van der Waals surface area contributed by atoms with Crippen LogP contribution in [0, 0.1) is 0 Å².